The van der Waals surface area contributed by atoms with Crippen molar-refractivity contribution >= 4 is 12.0 Å². The number of methoxy groups -OCH3 is 1. The summed E-state index contributed by atoms with van der Waals surface area (Å²) in [7, 11) is 1.58. The highest BCUT2D eigenvalue weighted by Gasteiger charge is 2.39. The fourth-order valence-electron chi connectivity index (χ4n) is 2.30. The molecule has 2 amide bonds. The molecule has 1 heterocycles. The molecular formula is C13H24N2O4. The van der Waals surface area contributed by atoms with E-state index in [1.165, 1.54) is 0 Å². The number of ether oxygens (including phenoxy) is 1. The molecule has 1 atom stereocenters. The molecule has 0 radical (unpaired) electrons. The molecular weight excluding hydrogens is 248 g/mol. The van der Waals surface area contributed by atoms with Crippen molar-refractivity contribution < 1.29 is 19.4 Å². The minimum atomic E-state index is -0.806. The Morgan fingerprint density at radius 3 is 2.74 bits per heavy atom. The van der Waals surface area contributed by atoms with Crippen LogP contribution in [0.25, 0.3) is 0 Å². The summed E-state index contributed by atoms with van der Waals surface area (Å²) in [5, 5.41) is 12.0. The monoisotopic (exact) mass is 272 g/mol. The number of carboxylic acid groups (broad SMARTS) is 1. The van der Waals surface area contributed by atoms with Gasteiger partial charge in [0.1, 0.15) is 0 Å². The zero-order valence-electron chi connectivity index (χ0n) is 11.9. The first-order valence-electron chi connectivity index (χ1n) is 6.64. The molecule has 1 aliphatic heterocycles. The number of likely N-dealkylation sites (tertiary alicyclic amines) is 1. The molecule has 1 fully saturated rings. The third kappa shape index (κ3) is 4.09. The minimum absolute atomic E-state index is 0.00748. The van der Waals surface area contributed by atoms with Crippen molar-refractivity contribution in [2.24, 2.45) is 11.3 Å². The standard InChI is InChI=1S/C13H24N2O4/c1-13(2,11(16)17)10-5-4-7-15(9-10)12(18)14-6-8-19-3/h10H,4-9H2,1-3H3,(H,14,18)(H,16,17). The van der Waals surface area contributed by atoms with Crippen molar-refractivity contribution in [2.45, 2.75) is 26.7 Å². The number of rotatable bonds is 5. The van der Waals surface area contributed by atoms with Crippen molar-refractivity contribution in [2.75, 3.05) is 33.4 Å². The lowest BCUT2D eigenvalue weighted by molar-refractivity contribution is -0.151. The molecule has 1 saturated heterocycles. The summed E-state index contributed by atoms with van der Waals surface area (Å²) in [6.07, 6.45) is 1.69. The van der Waals surface area contributed by atoms with Gasteiger partial charge in [0, 0.05) is 26.7 Å². The number of carboxylic acids is 1. The van der Waals surface area contributed by atoms with E-state index in [0.29, 0.717) is 26.2 Å². The van der Waals surface area contributed by atoms with Crippen LogP contribution in [0.15, 0.2) is 0 Å². The third-order valence-electron chi connectivity index (χ3n) is 3.86. The lowest BCUT2D eigenvalue weighted by Crippen LogP contribution is -2.50. The third-order valence-corrected chi connectivity index (χ3v) is 3.86. The van der Waals surface area contributed by atoms with Crippen molar-refractivity contribution in [3.63, 3.8) is 0 Å². The van der Waals surface area contributed by atoms with E-state index >= 15 is 0 Å². The van der Waals surface area contributed by atoms with E-state index in [2.05, 4.69) is 5.32 Å². The molecule has 0 bridgehead atoms. The molecule has 0 aromatic carbocycles. The van der Waals surface area contributed by atoms with Gasteiger partial charge in [-0.25, -0.2) is 4.79 Å². The molecule has 2 N–H and O–H groups in total. The summed E-state index contributed by atoms with van der Waals surface area (Å²) >= 11 is 0. The number of piperidine rings is 1. The summed E-state index contributed by atoms with van der Waals surface area (Å²) in [4.78, 5) is 24.9. The first-order valence-corrected chi connectivity index (χ1v) is 6.64. The Bertz CT molecular complexity index is 331. The summed E-state index contributed by atoms with van der Waals surface area (Å²) in [5.74, 6) is -0.814. The van der Waals surface area contributed by atoms with Gasteiger partial charge < -0.3 is 20.1 Å². The number of nitrogens with one attached hydrogen (secondary N) is 1. The number of urea groups is 1. The molecule has 0 aromatic heterocycles. The number of aliphatic carboxylic acids is 1. The molecule has 1 rings (SSSR count). The number of hydrogen-bond donors (Lipinski definition) is 2. The van der Waals surface area contributed by atoms with Gasteiger partial charge in [-0.15, -0.1) is 0 Å². The van der Waals surface area contributed by atoms with Gasteiger partial charge in [-0.3, -0.25) is 4.79 Å². The van der Waals surface area contributed by atoms with E-state index in [1.54, 1.807) is 25.9 Å². The topological polar surface area (TPSA) is 78.9 Å². The molecule has 110 valence electrons. The minimum Gasteiger partial charge on any atom is -0.481 e. The lowest BCUT2D eigenvalue weighted by Gasteiger charge is -2.39. The zero-order valence-corrected chi connectivity index (χ0v) is 11.9. The van der Waals surface area contributed by atoms with Crippen molar-refractivity contribution in [1.82, 2.24) is 10.2 Å². The molecule has 1 unspecified atom stereocenters. The maximum absolute atomic E-state index is 11.9. The second kappa shape index (κ2) is 6.75. The van der Waals surface area contributed by atoms with Gasteiger partial charge in [-0.05, 0) is 32.6 Å². The smallest absolute Gasteiger partial charge is 0.317 e. The van der Waals surface area contributed by atoms with Crippen LogP contribution >= 0.6 is 0 Å². The van der Waals surface area contributed by atoms with Crippen LogP contribution in [0.1, 0.15) is 26.7 Å². The van der Waals surface area contributed by atoms with Gasteiger partial charge in [-0.2, -0.15) is 0 Å². The quantitative estimate of drug-likeness (QED) is 0.736. The maximum atomic E-state index is 11.9. The highest BCUT2D eigenvalue weighted by Crippen LogP contribution is 2.34. The Labute approximate surface area is 114 Å². The number of carbonyl (C=O) groups excluding carboxylic acids is 1. The number of carbonyl (C=O) groups is 2. The van der Waals surface area contributed by atoms with Crippen LogP contribution in [-0.4, -0.2) is 55.4 Å². The first-order chi connectivity index (χ1) is 8.89. The SMILES string of the molecule is COCCNC(=O)N1CCCC(C(C)(C)C(=O)O)C1. The fraction of sp³-hybridized carbons (Fsp3) is 0.846. The van der Waals surface area contributed by atoms with E-state index in [4.69, 9.17) is 4.74 Å². The van der Waals surface area contributed by atoms with E-state index in [-0.39, 0.29) is 11.9 Å². The molecule has 19 heavy (non-hydrogen) atoms. The van der Waals surface area contributed by atoms with Gasteiger partial charge in [0.15, 0.2) is 0 Å². The molecule has 6 heteroatoms. The Hall–Kier alpha value is -1.30. The molecule has 0 aliphatic carbocycles. The van der Waals surface area contributed by atoms with Crippen LogP contribution in [0.3, 0.4) is 0 Å². The normalized spacial score (nSPS) is 20.2. The Morgan fingerprint density at radius 2 is 2.16 bits per heavy atom. The van der Waals surface area contributed by atoms with Crippen LogP contribution in [0, 0.1) is 11.3 Å². The predicted molar refractivity (Wildman–Crippen MR) is 71.0 cm³/mol. The van der Waals surface area contributed by atoms with Crippen LogP contribution in [-0.2, 0) is 9.53 Å². The van der Waals surface area contributed by atoms with Gasteiger partial charge in [-0.1, -0.05) is 0 Å². The van der Waals surface area contributed by atoms with Crippen molar-refractivity contribution in [3.05, 3.63) is 0 Å². The highest BCUT2D eigenvalue weighted by molar-refractivity contribution is 5.76. The first kappa shape index (κ1) is 15.8. The molecule has 0 spiro atoms. The summed E-state index contributed by atoms with van der Waals surface area (Å²) < 4.78 is 4.88. The fourth-order valence-corrected chi connectivity index (χ4v) is 2.30. The summed E-state index contributed by atoms with van der Waals surface area (Å²) in [5.41, 5.74) is -0.800. The van der Waals surface area contributed by atoms with Crippen LogP contribution in [0.4, 0.5) is 4.79 Å². The van der Waals surface area contributed by atoms with E-state index in [1.807, 2.05) is 0 Å². The molecule has 6 nitrogen and oxygen atoms in total. The van der Waals surface area contributed by atoms with E-state index in [9.17, 15) is 14.7 Å². The van der Waals surface area contributed by atoms with Crippen LogP contribution in [0.2, 0.25) is 0 Å². The van der Waals surface area contributed by atoms with Gasteiger partial charge in [0.2, 0.25) is 0 Å². The average molecular weight is 272 g/mol. The van der Waals surface area contributed by atoms with Gasteiger partial charge >= 0.3 is 12.0 Å². The Kier molecular flexibility index (Phi) is 5.60. The molecule has 0 aromatic rings. The largest absolute Gasteiger partial charge is 0.481 e. The summed E-state index contributed by atoms with van der Waals surface area (Å²) in [6, 6.07) is -0.136. The van der Waals surface area contributed by atoms with Gasteiger partial charge in [0.05, 0.1) is 12.0 Å². The lowest BCUT2D eigenvalue weighted by atomic mass is 9.74. The van der Waals surface area contributed by atoms with E-state index in [0.717, 1.165) is 12.8 Å². The van der Waals surface area contributed by atoms with Crippen LogP contribution < -0.4 is 5.32 Å². The molecule has 1 aliphatic rings. The van der Waals surface area contributed by atoms with Crippen LogP contribution in [0.5, 0.6) is 0 Å². The Balaban J connectivity index is 2.54. The molecule has 0 saturated carbocycles. The van der Waals surface area contributed by atoms with Crippen molar-refractivity contribution in [1.29, 1.82) is 0 Å². The number of hydrogen-bond acceptors (Lipinski definition) is 3. The predicted octanol–water partition coefficient (Wildman–Crippen LogP) is 1.17. The second-order valence-electron chi connectivity index (χ2n) is 5.54. The van der Waals surface area contributed by atoms with Gasteiger partial charge in [0.25, 0.3) is 0 Å². The highest BCUT2D eigenvalue weighted by atomic mass is 16.5. The van der Waals surface area contributed by atoms with E-state index < -0.39 is 11.4 Å². The Morgan fingerprint density at radius 1 is 1.47 bits per heavy atom. The maximum Gasteiger partial charge on any atom is 0.317 e. The second-order valence-corrected chi connectivity index (χ2v) is 5.54. The average Bonchev–Trinajstić information content (AvgIpc) is 2.39. The number of amides is 2. The zero-order chi connectivity index (χ0) is 14.5. The van der Waals surface area contributed by atoms with Crippen molar-refractivity contribution in [3.8, 4) is 0 Å². The number of nitrogens with zero attached hydrogens (tertiary/aromatic N) is 1. The summed E-state index contributed by atoms with van der Waals surface area (Å²) in [6.45, 7) is 5.59.